The molecule has 0 bridgehead atoms. The Bertz CT molecular complexity index is 1270. The molecule has 31 heavy (non-hydrogen) atoms. The monoisotopic (exact) mass is 442 g/mol. The summed E-state index contributed by atoms with van der Waals surface area (Å²) in [6.45, 7) is 8.33. The Morgan fingerprint density at radius 1 is 1.03 bits per heavy atom. The lowest BCUT2D eigenvalue weighted by Gasteiger charge is -2.19. The summed E-state index contributed by atoms with van der Waals surface area (Å²) in [5.41, 5.74) is 2.76. The number of fused-ring (bicyclic) bond motifs is 1. The average Bonchev–Trinajstić information content (AvgIpc) is 2.74. The molecule has 0 atom stereocenters. The van der Waals surface area contributed by atoms with E-state index in [1.54, 1.807) is 36.4 Å². The summed E-state index contributed by atoms with van der Waals surface area (Å²) >= 11 is 0. The summed E-state index contributed by atoms with van der Waals surface area (Å²) in [6, 6.07) is 13.1. The number of sulfonamides is 1. The van der Waals surface area contributed by atoms with E-state index in [9.17, 15) is 18.0 Å². The summed E-state index contributed by atoms with van der Waals surface area (Å²) in [5, 5.41) is 4.86. The quantitative estimate of drug-likeness (QED) is 0.571. The van der Waals surface area contributed by atoms with Gasteiger partial charge in [0.05, 0.1) is 10.3 Å². The number of nitrogens with one attached hydrogen (secondary N) is 2. The molecule has 8 nitrogen and oxygen atoms in total. The molecule has 0 aliphatic carbocycles. The highest BCUT2D eigenvalue weighted by Gasteiger charge is 2.21. The average molecular weight is 443 g/mol. The van der Waals surface area contributed by atoms with Crippen LogP contribution in [0.5, 0.6) is 0 Å². The standard InChI is InChI=1S/C22H26N4O4S/c1-5-14-26-21(28)18-9-7-6-8-17(18)19(24-26)20(27)23-25-31(29,30)16-12-10-15(11-13-16)22(2,3)4/h6-13,25H,5,14H2,1-4H3,(H,23,27). The summed E-state index contributed by atoms with van der Waals surface area (Å²) in [5.74, 6) is -0.754. The number of amides is 1. The van der Waals surface area contributed by atoms with Gasteiger partial charge in [0.15, 0.2) is 5.69 Å². The van der Waals surface area contributed by atoms with Gasteiger partial charge in [0.25, 0.3) is 21.5 Å². The zero-order valence-corrected chi connectivity index (χ0v) is 18.8. The first kappa shape index (κ1) is 22.6. The first-order chi connectivity index (χ1) is 14.5. The minimum atomic E-state index is -3.99. The Kier molecular flexibility index (Phi) is 6.28. The van der Waals surface area contributed by atoms with E-state index in [-0.39, 0.29) is 21.6 Å². The molecule has 164 valence electrons. The van der Waals surface area contributed by atoms with Crippen molar-refractivity contribution in [3.05, 3.63) is 70.1 Å². The van der Waals surface area contributed by atoms with Crippen LogP contribution in [-0.2, 0) is 22.0 Å². The minimum Gasteiger partial charge on any atom is -0.272 e. The molecule has 2 aromatic carbocycles. The number of benzene rings is 2. The van der Waals surface area contributed by atoms with E-state index >= 15 is 0 Å². The smallest absolute Gasteiger partial charge is 0.272 e. The van der Waals surface area contributed by atoms with E-state index in [0.717, 1.165) is 5.56 Å². The van der Waals surface area contributed by atoms with Crippen molar-refractivity contribution in [3.63, 3.8) is 0 Å². The van der Waals surface area contributed by atoms with Gasteiger partial charge in [-0.25, -0.2) is 13.1 Å². The van der Waals surface area contributed by atoms with E-state index < -0.39 is 15.9 Å². The van der Waals surface area contributed by atoms with Crippen LogP contribution in [0.3, 0.4) is 0 Å². The topological polar surface area (TPSA) is 110 Å². The number of carbonyl (C=O) groups is 1. The van der Waals surface area contributed by atoms with Crippen molar-refractivity contribution in [1.82, 2.24) is 20.0 Å². The van der Waals surface area contributed by atoms with E-state index in [0.29, 0.717) is 23.7 Å². The molecule has 0 saturated heterocycles. The van der Waals surface area contributed by atoms with Crippen molar-refractivity contribution in [3.8, 4) is 0 Å². The van der Waals surface area contributed by atoms with Gasteiger partial charge in [-0.05, 0) is 35.6 Å². The highest BCUT2D eigenvalue weighted by Crippen LogP contribution is 2.23. The van der Waals surface area contributed by atoms with Crippen LogP contribution in [0.25, 0.3) is 10.8 Å². The summed E-state index contributed by atoms with van der Waals surface area (Å²) in [4.78, 5) is 27.5. The number of rotatable bonds is 6. The van der Waals surface area contributed by atoms with Gasteiger partial charge in [-0.15, -0.1) is 4.83 Å². The van der Waals surface area contributed by atoms with Crippen LogP contribution in [0, 0.1) is 0 Å². The zero-order valence-electron chi connectivity index (χ0n) is 18.0. The van der Waals surface area contributed by atoms with Crippen LogP contribution in [0.1, 0.15) is 50.2 Å². The molecule has 9 heteroatoms. The Morgan fingerprint density at radius 3 is 2.23 bits per heavy atom. The zero-order chi connectivity index (χ0) is 22.8. The van der Waals surface area contributed by atoms with Gasteiger partial charge in [0, 0.05) is 11.9 Å². The first-order valence-electron chi connectivity index (χ1n) is 9.97. The SMILES string of the molecule is CCCn1nc(C(=O)NNS(=O)(=O)c2ccc(C(C)(C)C)cc2)c2ccccc2c1=O. The minimum absolute atomic E-state index is 0.0228. The molecule has 0 radical (unpaired) electrons. The van der Waals surface area contributed by atoms with Gasteiger partial charge in [0.2, 0.25) is 0 Å². The molecule has 1 amide bonds. The number of aromatic nitrogens is 2. The van der Waals surface area contributed by atoms with Crippen LogP contribution in [0.2, 0.25) is 0 Å². The second-order valence-corrected chi connectivity index (χ2v) is 9.94. The summed E-state index contributed by atoms with van der Waals surface area (Å²) < 4.78 is 26.4. The molecule has 3 aromatic rings. The molecule has 3 rings (SSSR count). The lowest BCUT2D eigenvalue weighted by Crippen LogP contribution is -2.42. The number of aryl methyl sites for hydroxylation is 1. The fourth-order valence-electron chi connectivity index (χ4n) is 3.13. The number of hydrogen-bond donors (Lipinski definition) is 2. The Hall–Kier alpha value is -3.04. The lowest BCUT2D eigenvalue weighted by atomic mass is 9.87. The lowest BCUT2D eigenvalue weighted by molar-refractivity contribution is 0.0939. The van der Waals surface area contributed by atoms with Gasteiger partial charge >= 0.3 is 0 Å². The third kappa shape index (κ3) is 4.83. The maximum absolute atomic E-state index is 12.8. The second-order valence-electron chi connectivity index (χ2n) is 8.26. The normalized spacial score (nSPS) is 12.1. The highest BCUT2D eigenvalue weighted by molar-refractivity contribution is 7.89. The number of hydrogen-bond acceptors (Lipinski definition) is 5. The molecular formula is C22H26N4O4S. The Morgan fingerprint density at radius 2 is 1.65 bits per heavy atom. The van der Waals surface area contributed by atoms with Crippen molar-refractivity contribution in [2.45, 2.75) is 51.0 Å². The summed E-state index contributed by atoms with van der Waals surface area (Å²) in [7, 11) is -3.99. The highest BCUT2D eigenvalue weighted by atomic mass is 32.2. The van der Waals surface area contributed by atoms with Gasteiger partial charge in [-0.2, -0.15) is 5.10 Å². The molecular weight excluding hydrogens is 416 g/mol. The third-order valence-electron chi connectivity index (χ3n) is 4.85. The molecule has 0 unspecified atom stereocenters. The molecule has 0 aliphatic rings. The van der Waals surface area contributed by atoms with Gasteiger partial charge in [-0.1, -0.05) is 58.0 Å². The van der Waals surface area contributed by atoms with Crippen LogP contribution in [-0.4, -0.2) is 24.1 Å². The molecule has 0 spiro atoms. The maximum atomic E-state index is 12.8. The fourth-order valence-corrected chi connectivity index (χ4v) is 3.97. The fraction of sp³-hybridized carbons (Fsp3) is 0.318. The number of carbonyl (C=O) groups excluding carboxylic acids is 1. The molecule has 0 saturated carbocycles. The van der Waals surface area contributed by atoms with Crippen molar-refractivity contribution < 1.29 is 13.2 Å². The molecule has 0 aliphatic heterocycles. The molecule has 0 fully saturated rings. The largest absolute Gasteiger partial charge is 0.287 e. The maximum Gasteiger partial charge on any atom is 0.287 e. The van der Waals surface area contributed by atoms with Crippen LogP contribution in [0.15, 0.2) is 58.2 Å². The second kappa shape index (κ2) is 8.60. The van der Waals surface area contributed by atoms with E-state index in [2.05, 4.69) is 15.4 Å². The first-order valence-corrected chi connectivity index (χ1v) is 11.5. The molecule has 1 aromatic heterocycles. The van der Waals surface area contributed by atoms with Crippen LogP contribution in [0.4, 0.5) is 0 Å². The Balaban J connectivity index is 1.87. The molecule has 2 N–H and O–H groups in total. The van der Waals surface area contributed by atoms with Crippen LogP contribution < -0.4 is 15.8 Å². The number of nitrogens with zero attached hydrogens (tertiary/aromatic N) is 2. The van der Waals surface area contributed by atoms with Crippen molar-refractivity contribution in [2.75, 3.05) is 0 Å². The van der Waals surface area contributed by atoms with Crippen molar-refractivity contribution in [2.24, 2.45) is 0 Å². The van der Waals surface area contributed by atoms with Crippen LogP contribution >= 0.6 is 0 Å². The van der Waals surface area contributed by atoms with Gasteiger partial charge in [0.1, 0.15) is 0 Å². The van der Waals surface area contributed by atoms with E-state index in [4.69, 9.17) is 0 Å². The Labute approximate surface area is 181 Å². The predicted octanol–water partition coefficient (Wildman–Crippen LogP) is 2.73. The molecule has 1 heterocycles. The van der Waals surface area contributed by atoms with E-state index in [1.165, 1.54) is 16.8 Å². The van der Waals surface area contributed by atoms with Gasteiger partial charge in [-0.3, -0.25) is 15.0 Å². The van der Waals surface area contributed by atoms with E-state index in [1.807, 2.05) is 27.7 Å². The summed E-state index contributed by atoms with van der Waals surface area (Å²) in [6.07, 6.45) is 0.656. The third-order valence-corrected chi connectivity index (χ3v) is 6.11. The predicted molar refractivity (Wildman–Crippen MR) is 119 cm³/mol. The number of hydrazine groups is 1. The van der Waals surface area contributed by atoms with Gasteiger partial charge < -0.3 is 0 Å². The van der Waals surface area contributed by atoms with Crippen molar-refractivity contribution >= 4 is 26.7 Å². The van der Waals surface area contributed by atoms with Crippen molar-refractivity contribution in [1.29, 1.82) is 0 Å².